The van der Waals surface area contributed by atoms with E-state index in [2.05, 4.69) is 10.3 Å². The van der Waals surface area contributed by atoms with Crippen molar-refractivity contribution in [2.75, 3.05) is 39.5 Å². The summed E-state index contributed by atoms with van der Waals surface area (Å²) in [6, 6.07) is 11.1. The van der Waals surface area contributed by atoms with E-state index in [1.54, 1.807) is 24.5 Å². The molecule has 2 fully saturated rings. The third kappa shape index (κ3) is 4.93. The third-order valence-corrected chi connectivity index (χ3v) is 6.61. The molecule has 0 radical (unpaired) electrons. The van der Waals surface area contributed by atoms with Crippen molar-refractivity contribution in [1.29, 1.82) is 0 Å². The Balaban J connectivity index is 1.43. The summed E-state index contributed by atoms with van der Waals surface area (Å²) in [6.07, 6.45) is 5.86. The average Bonchev–Trinajstić information content (AvgIpc) is 3.19. The van der Waals surface area contributed by atoms with Crippen molar-refractivity contribution in [3.05, 3.63) is 59.9 Å². The van der Waals surface area contributed by atoms with Crippen LogP contribution in [0.1, 0.15) is 35.7 Å². The van der Waals surface area contributed by atoms with Gasteiger partial charge in [-0.25, -0.2) is 0 Å². The predicted molar refractivity (Wildman–Crippen MR) is 120 cm³/mol. The number of nitrogens with zero attached hydrogens (tertiary/aromatic N) is 2. The number of pyridine rings is 1. The van der Waals surface area contributed by atoms with Crippen LogP contribution in [0, 0.1) is 11.3 Å². The predicted octanol–water partition coefficient (Wildman–Crippen LogP) is 2.71. The summed E-state index contributed by atoms with van der Waals surface area (Å²) in [4.78, 5) is 32.3. The minimum atomic E-state index is -0.226. The first-order valence-corrected chi connectivity index (χ1v) is 11.4. The van der Waals surface area contributed by atoms with Crippen LogP contribution in [0.15, 0.2) is 48.8 Å². The zero-order chi connectivity index (χ0) is 22.4. The highest BCUT2D eigenvalue weighted by molar-refractivity contribution is 5.95. The van der Waals surface area contributed by atoms with Gasteiger partial charge < -0.3 is 19.7 Å². The first-order chi connectivity index (χ1) is 15.6. The van der Waals surface area contributed by atoms with Gasteiger partial charge in [0.2, 0.25) is 5.91 Å². The van der Waals surface area contributed by atoms with Gasteiger partial charge in [0.05, 0.1) is 12.5 Å². The first-order valence-electron chi connectivity index (χ1n) is 11.4. The van der Waals surface area contributed by atoms with Gasteiger partial charge in [0, 0.05) is 56.2 Å². The fraction of sp³-hybridized carbons (Fsp3) is 0.480. The Morgan fingerprint density at radius 1 is 1.16 bits per heavy atom. The largest absolute Gasteiger partial charge is 0.494 e. The molecule has 1 aromatic carbocycles. The Hall–Kier alpha value is -2.93. The molecule has 0 saturated carbocycles. The molecule has 1 unspecified atom stereocenters. The van der Waals surface area contributed by atoms with Crippen LogP contribution < -0.4 is 10.1 Å². The zero-order valence-corrected chi connectivity index (χ0v) is 18.6. The van der Waals surface area contributed by atoms with Crippen LogP contribution in [-0.4, -0.2) is 61.2 Å². The summed E-state index contributed by atoms with van der Waals surface area (Å²) in [5, 5.41) is 3.11. The van der Waals surface area contributed by atoms with Crippen molar-refractivity contribution < 1.29 is 19.1 Å². The number of likely N-dealkylation sites (tertiary alicyclic amines) is 1. The van der Waals surface area contributed by atoms with E-state index in [1.165, 1.54) is 0 Å². The second kappa shape index (κ2) is 10.1. The molecule has 32 heavy (non-hydrogen) atoms. The summed E-state index contributed by atoms with van der Waals surface area (Å²) in [7, 11) is 0. The van der Waals surface area contributed by atoms with Gasteiger partial charge in [-0.2, -0.15) is 0 Å². The molecular weight excluding hydrogens is 406 g/mol. The molecule has 7 nitrogen and oxygen atoms in total. The van der Waals surface area contributed by atoms with Gasteiger partial charge >= 0.3 is 0 Å². The number of amides is 2. The highest BCUT2D eigenvalue weighted by Crippen LogP contribution is 2.44. The van der Waals surface area contributed by atoms with Crippen LogP contribution in [0.25, 0.3) is 0 Å². The maximum atomic E-state index is 13.2. The van der Waals surface area contributed by atoms with Crippen LogP contribution in [0.2, 0.25) is 0 Å². The minimum absolute atomic E-state index is 0.0305. The maximum Gasteiger partial charge on any atom is 0.253 e. The number of rotatable bonds is 7. The van der Waals surface area contributed by atoms with E-state index >= 15 is 0 Å². The highest BCUT2D eigenvalue weighted by atomic mass is 16.5. The normalized spacial score (nSPS) is 19.7. The molecule has 2 saturated heterocycles. The Labute approximate surface area is 189 Å². The number of ether oxygens (including phenoxy) is 2. The molecule has 0 aliphatic carbocycles. The smallest absolute Gasteiger partial charge is 0.253 e. The molecule has 2 amide bonds. The Kier molecular flexibility index (Phi) is 7.05. The van der Waals surface area contributed by atoms with Crippen molar-refractivity contribution in [3.8, 4) is 5.75 Å². The van der Waals surface area contributed by atoms with Crippen LogP contribution in [0.4, 0.5) is 0 Å². The molecule has 2 aliphatic rings. The van der Waals surface area contributed by atoms with E-state index in [0.717, 1.165) is 30.6 Å². The molecule has 3 heterocycles. The molecule has 7 heteroatoms. The Bertz CT molecular complexity index is 911. The molecule has 2 aliphatic heterocycles. The lowest BCUT2D eigenvalue weighted by Gasteiger charge is -2.37. The first kappa shape index (κ1) is 22.3. The van der Waals surface area contributed by atoms with Gasteiger partial charge in [-0.15, -0.1) is 0 Å². The minimum Gasteiger partial charge on any atom is -0.494 e. The fourth-order valence-electron chi connectivity index (χ4n) is 4.81. The van der Waals surface area contributed by atoms with E-state index in [1.807, 2.05) is 36.1 Å². The second-order valence-corrected chi connectivity index (χ2v) is 8.57. The van der Waals surface area contributed by atoms with E-state index in [4.69, 9.17) is 9.47 Å². The summed E-state index contributed by atoms with van der Waals surface area (Å²) in [5.41, 5.74) is 1.54. The van der Waals surface area contributed by atoms with Crippen LogP contribution >= 0.6 is 0 Å². The van der Waals surface area contributed by atoms with Crippen molar-refractivity contribution in [3.63, 3.8) is 0 Å². The summed E-state index contributed by atoms with van der Waals surface area (Å²) >= 11 is 0. The van der Waals surface area contributed by atoms with Crippen molar-refractivity contribution in [1.82, 2.24) is 15.2 Å². The van der Waals surface area contributed by atoms with Gasteiger partial charge in [0.25, 0.3) is 5.91 Å². The van der Waals surface area contributed by atoms with Crippen LogP contribution in [0.5, 0.6) is 5.75 Å². The topological polar surface area (TPSA) is 80.8 Å². The molecule has 4 rings (SSSR count). The molecule has 1 N–H and O–H groups in total. The number of nitrogens with one attached hydrogen (secondary N) is 1. The molecular formula is C25H31N3O4. The van der Waals surface area contributed by atoms with Gasteiger partial charge in [-0.1, -0.05) is 0 Å². The number of hydrogen-bond donors (Lipinski definition) is 1. The number of carbonyl (C=O) groups is 2. The molecule has 170 valence electrons. The SMILES string of the molecule is CCOc1ccc(C(=O)N2CC(C(=O)NCCc3ccncc3)C3(CCOCC3)C2)cc1. The van der Waals surface area contributed by atoms with E-state index in [-0.39, 0.29) is 23.1 Å². The maximum absolute atomic E-state index is 13.2. The molecule has 0 bridgehead atoms. The monoisotopic (exact) mass is 437 g/mol. The molecule has 1 atom stereocenters. The van der Waals surface area contributed by atoms with Gasteiger partial charge in [0.15, 0.2) is 0 Å². The zero-order valence-electron chi connectivity index (χ0n) is 18.6. The summed E-state index contributed by atoms with van der Waals surface area (Å²) in [6.45, 7) is 5.37. The van der Waals surface area contributed by atoms with Crippen molar-refractivity contribution in [2.45, 2.75) is 26.2 Å². The van der Waals surface area contributed by atoms with E-state index < -0.39 is 0 Å². The lowest BCUT2D eigenvalue weighted by Crippen LogP contribution is -2.44. The summed E-state index contributed by atoms with van der Waals surface area (Å²) in [5.74, 6) is 0.516. The lowest BCUT2D eigenvalue weighted by molar-refractivity contribution is -0.129. The Morgan fingerprint density at radius 2 is 1.88 bits per heavy atom. The van der Waals surface area contributed by atoms with E-state index in [0.29, 0.717) is 45.0 Å². The average molecular weight is 438 g/mol. The van der Waals surface area contributed by atoms with Crippen LogP contribution in [-0.2, 0) is 16.0 Å². The van der Waals surface area contributed by atoms with Crippen molar-refractivity contribution >= 4 is 11.8 Å². The van der Waals surface area contributed by atoms with Gasteiger partial charge in [-0.3, -0.25) is 14.6 Å². The molecule has 2 aromatic rings. The second-order valence-electron chi connectivity index (χ2n) is 8.57. The number of carbonyl (C=O) groups excluding carboxylic acids is 2. The highest BCUT2D eigenvalue weighted by Gasteiger charge is 2.51. The number of aromatic nitrogens is 1. The lowest BCUT2D eigenvalue weighted by atomic mass is 9.71. The molecule has 1 aromatic heterocycles. The standard InChI is InChI=1S/C25H31N3O4/c1-2-32-21-5-3-20(4-6-21)24(30)28-17-22(25(18-28)10-15-31-16-11-25)23(29)27-14-9-19-7-12-26-13-8-19/h3-8,12-13,22H,2,9-11,14-18H2,1H3,(H,27,29). The number of benzene rings is 1. The summed E-state index contributed by atoms with van der Waals surface area (Å²) < 4.78 is 11.1. The van der Waals surface area contributed by atoms with Crippen molar-refractivity contribution in [2.24, 2.45) is 11.3 Å². The van der Waals surface area contributed by atoms with Gasteiger partial charge in [-0.05, 0) is 68.1 Å². The van der Waals surface area contributed by atoms with Crippen LogP contribution in [0.3, 0.4) is 0 Å². The molecule has 1 spiro atoms. The van der Waals surface area contributed by atoms with Gasteiger partial charge in [0.1, 0.15) is 5.75 Å². The number of hydrogen-bond acceptors (Lipinski definition) is 5. The quantitative estimate of drug-likeness (QED) is 0.720. The third-order valence-electron chi connectivity index (χ3n) is 6.61. The Morgan fingerprint density at radius 3 is 2.56 bits per heavy atom. The fourth-order valence-corrected chi connectivity index (χ4v) is 4.81. The van der Waals surface area contributed by atoms with E-state index in [9.17, 15) is 9.59 Å².